The Morgan fingerprint density at radius 3 is 2.24 bits per heavy atom. The molecule has 1 rings (SSSR count). The lowest BCUT2D eigenvalue weighted by molar-refractivity contribution is -0.151. The number of nitrogens with zero attached hydrogens (tertiary/aromatic N) is 1. The van der Waals surface area contributed by atoms with Crippen molar-refractivity contribution in [1.82, 2.24) is 15.5 Å². The van der Waals surface area contributed by atoms with E-state index in [1.165, 1.54) is 18.9 Å². The number of carbonyl (C=O) groups is 5. The Hall–Kier alpha value is -2.29. The predicted molar refractivity (Wildman–Crippen MR) is 91.8 cm³/mol. The van der Waals surface area contributed by atoms with Crippen molar-refractivity contribution in [2.75, 3.05) is 33.8 Å². The lowest BCUT2D eigenvalue weighted by Gasteiger charge is -2.20. The van der Waals surface area contributed by atoms with Gasteiger partial charge in [0.2, 0.25) is 11.8 Å². The Morgan fingerprint density at radius 1 is 1.20 bits per heavy atom. The number of methoxy groups -OCH3 is 1. The fraction of sp³-hybridized carbons (Fsp3) is 0.688. The van der Waals surface area contributed by atoms with Crippen LogP contribution in [0.3, 0.4) is 0 Å². The Kier molecular flexibility index (Phi) is 15.2. The standard InChI is InChI=1S/C9H14N2O3.C5H9NO3.C2H6/c1-7(13)10-5-9(14)11-4-2-3-8(11)6-12;1-6-3-4(7)5(8)9-2;1-2/h6,8H,2-5H2,1H3,(H,10,13);6H,3H2,1-2H3;1-2H3. The number of hydrogen-bond donors (Lipinski definition) is 2. The molecule has 0 spiro atoms. The van der Waals surface area contributed by atoms with Gasteiger partial charge in [0.05, 0.1) is 26.2 Å². The van der Waals surface area contributed by atoms with Crippen LogP contribution >= 0.6 is 0 Å². The van der Waals surface area contributed by atoms with Gasteiger partial charge in [-0.05, 0) is 19.9 Å². The summed E-state index contributed by atoms with van der Waals surface area (Å²) >= 11 is 0. The van der Waals surface area contributed by atoms with Crippen molar-refractivity contribution >= 4 is 29.9 Å². The number of rotatable bonds is 6. The maximum absolute atomic E-state index is 11.5. The zero-order valence-corrected chi connectivity index (χ0v) is 15.6. The molecule has 0 bridgehead atoms. The molecular weight excluding hydrogens is 330 g/mol. The van der Waals surface area contributed by atoms with E-state index >= 15 is 0 Å². The van der Waals surface area contributed by atoms with Gasteiger partial charge in [-0.25, -0.2) is 4.79 Å². The Balaban J connectivity index is 0. The average molecular weight is 359 g/mol. The molecule has 1 aliphatic rings. The topological polar surface area (TPSA) is 122 Å². The van der Waals surface area contributed by atoms with E-state index in [-0.39, 0.29) is 30.9 Å². The average Bonchev–Trinajstić information content (AvgIpc) is 3.10. The van der Waals surface area contributed by atoms with Gasteiger partial charge in [-0.2, -0.15) is 0 Å². The van der Waals surface area contributed by atoms with E-state index in [4.69, 9.17) is 0 Å². The van der Waals surface area contributed by atoms with Crippen LogP contribution in [0.4, 0.5) is 0 Å². The number of ether oxygens (including phenoxy) is 1. The summed E-state index contributed by atoms with van der Waals surface area (Å²) in [5, 5.41) is 4.95. The van der Waals surface area contributed by atoms with Crippen LogP contribution in [-0.2, 0) is 28.7 Å². The molecule has 2 N–H and O–H groups in total. The van der Waals surface area contributed by atoms with Gasteiger partial charge in [-0.3, -0.25) is 14.4 Å². The molecule has 9 heteroatoms. The number of amides is 2. The molecule has 25 heavy (non-hydrogen) atoms. The van der Waals surface area contributed by atoms with Crippen molar-refractivity contribution in [3.63, 3.8) is 0 Å². The normalized spacial score (nSPS) is 14.9. The molecule has 9 nitrogen and oxygen atoms in total. The van der Waals surface area contributed by atoms with E-state index in [0.717, 1.165) is 19.1 Å². The molecule has 0 aliphatic carbocycles. The Labute approximate surface area is 148 Å². The SMILES string of the molecule is CC.CC(=O)NCC(=O)N1CCCC1C=O.CNCC(=O)C(=O)OC. The van der Waals surface area contributed by atoms with E-state index in [0.29, 0.717) is 6.54 Å². The number of esters is 1. The lowest BCUT2D eigenvalue weighted by atomic mass is 10.2. The molecule has 1 saturated heterocycles. The first-order valence-corrected chi connectivity index (χ1v) is 8.12. The number of carbonyl (C=O) groups excluding carboxylic acids is 5. The number of likely N-dealkylation sites (N-methyl/N-ethyl adjacent to an activating group) is 1. The van der Waals surface area contributed by atoms with Crippen LogP contribution in [0.1, 0.15) is 33.6 Å². The van der Waals surface area contributed by atoms with Crippen molar-refractivity contribution < 1.29 is 28.7 Å². The van der Waals surface area contributed by atoms with E-state index in [2.05, 4.69) is 15.4 Å². The first-order chi connectivity index (χ1) is 11.9. The maximum atomic E-state index is 11.5. The molecule has 144 valence electrons. The second-order valence-corrected chi connectivity index (χ2v) is 4.79. The first-order valence-electron chi connectivity index (χ1n) is 8.12. The smallest absolute Gasteiger partial charge is 0.375 e. The summed E-state index contributed by atoms with van der Waals surface area (Å²) < 4.78 is 4.14. The minimum atomic E-state index is -0.802. The molecule has 0 aromatic carbocycles. The third kappa shape index (κ3) is 11.0. The van der Waals surface area contributed by atoms with Crippen molar-refractivity contribution in [3.8, 4) is 0 Å². The fourth-order valence-corrected chi connectivity index (χ4v) is 1.89. The molecule has 1 unspecified atom stereocenters. The van der Waals surface area contributed by atoms with Crippen LogP contribution < -0.4 is 10.6 Å². The molecule has 1 aliphatic heterocycles. The molecule has 1 atom stereocenters. The van der Waals surface area contributed by atoms with Crippen LogP contribution in [0, 0.1) is 0 Å². The summed E-state index contributed by atoms with van der Waals surface area (Å²) in [5.74, 6) is -1.78. The third-order valence-corrected chi connectivity index (χ3v) is 3.02. The molecular formula is C16H29N3O6. The lowest BCUT2D eigenvalue weighted by Crippen LogP contribution is -2.42. The third-order valence-electron chi connectivity index (χ3n) is 3.02. The van der Waals surface area contributed by atoms with Crippen molar-refractivity contribution in [2.45, 2.75) is 39.7 Å². The quantitative estimate of drug-likeness (QED) is 0.365. The van der Waals surface area contributed by atoms with Gasteiger partial charge in [0, 0.05) is 13.5 Å². The fourth-order valence-electron chi connectivity index (χ4n) is 1.89. The first kappa shape index (κ1) is 25.0. The van der Waals surface area contributed by atoms with Gasteiger partial charge in [0.15, 0.2) is 0 Å². The highest BCUT2D eigenvalue weighted by Crippen LogP contribution is 2.14. The van der Waals surface area contributed by atoms with Crippen LogP contribution in [0.5, 0.6) is 0 Å². The summed E-state index contributed by atoms with van der Waals surface area (Å²) in [4.78, 5) is 54.9. The molecule has 1 heterocycles. The predicted octanol–water partition coefficient (Wildman–Crippen LogP) is -0.713. The van der Waals surface area contributed by atoms with Gasteiger partial charge in [-0.15, -0.1) is 0 Å². The molecule has 0 aromatic heterocycles. The van der Waals surface area contributed by atoms with E-state index < -0.39 is 11.8 Å². The van der Waals surface area contributed by atoms with Crippen LogP contribution in [0.2, 0.25) is 0 Å². The number of hydrogen-bond acceptors (Lipinski definition) is 7. The molecule has 0 saturated carbocycles. The van der Waals surface area contributed by atoms with Crippen molar-refractivity contribution in [2.24, 2.45) is 0 Å². The highest BCUT2D eigenvalue weighted by atomic mass is 16.5. The molecule has 0 aromatic rings. The number of Topliss-reactive ketones (excluding diaryl/α,β-unsaturated/α-hetero) is 1. The highest BCUT2D eigenvalue weighted by molar-refractivity contribution is 6.34. The van der Waals surface area contributed by atoms with Crippen LogP contribution in [0.15, 0.2) is 0 Å². The second-order valence-electron chi connectivity index (χ2n) is 4.79. The van der Waals surface area contributed by atoms with Gasteiger partial charge in [0.25, 0.3) is 5.78 Å². The van der Waals surface area contributed by atoms with Gasteiger partial charge >= 0.3 is 5.97 Å². The second kappa shape index (κ2) is 15.3. The highest BCUT2D eigenvalue weighted by Gasteiger charge is 2.27. The zero-order chi connectivity index (χ0) is 19.8. The number of aldehydes is 1. The van der Waals surface area contributed by atoms with E-state index in [1.807, 2.05) is 13.8 Å². The zero-order valence-electron chi connectivity index (χ0n) is 15.6. The summed E-state index contributed by atoms with van der Waals surface area (Å²) in [6.07, 6.45) is 2.38. The monoisotopic (exact) mass is 359 g/mol. The summed E-state index contributed by atoms with van der Waals surface area (Å²) in [6, 6.07) is -0.295. The van der Waals surface area contributed by atoms with Crippen molar-refractivity contribution in [1.29, 1.82) is 0 Å². The minimum Gasteiger partial charge on any atom is -0.463 e. The van der Waals surface area contributed by atoms with Crippen LogP contribution in [0.25, 0.3) is 0 Å². The van der Waals surface area contributed by atoms with Crippen LogP contribution in [-0.4, -0.2) is 74.6 Å². The molecule has 2 amide bonds. The molecule has 0 radical (unpaired) electrons. The van der Waals surface area contributed by atoms with Gasteiger partial charge in [0.1, 0.15) is 6.29 Å². The maximum Gasteiger partial charge on any atom is 0.375 e. The van der Waals surface area contributed by atoms with E-state index in [9.17, 15) is 24.0 Å². The van der Waals surface area contributed by atoms with Crippen molar-refractivity contribution in [3.05, 3.63) is 0 Å². The number of nitrogens with one attached hydrogen (secondary N) is 2. The summed E-state index contributed by atoms with van der Waals surface area (Å²) in [7, 11) is 2.76. The molecule has 1 fully saturated rings. The summed E-state index contributed by atoms with van der Waals surface area (Å²) in [6.45, 7) is 5.99. The number of likely N-dealkylation sites (tertiary alicyclic amines) is 1. The largest absolute Gasteiger partial charge is 0.463 e. The Morgan fingerprint density at radius 2 is 1.80 bits per heavy atom. The minimum absolute atomic E-state index is 0.0142. The Bertz CT molecular complexity index is 453. The number of ketones is 1. The van der Waals surface area contributed by atoms with Gasteiger partial charge < -0.3 is 25.1 Å². The van der Waals surface area contributed by atoms with E-state index in [1.54, 1.807) is 7.05 Å². The summed E-state index contributed by atoms with van der Waals surface area (Å²) in [5.41, 5.74) is 0. The van der Waals surface area contributed by atoms with Gasteiger partial charge in [-0.1, -0.05) is 13.8 Å².